The zero-order valence-corrected chi connectivity index (χ0v) is 12.9. The van der Waals surface area contributed by atoms with Crippen LogP contribution in [0.4, 0.5) is 13.2 Å². The van der Waals surface area contributed by atoms with Gasteiger partial charge in [-0.2, -0.15) is 13.2 Å². The first kappa shape index (κ1) is 16.8. The number of hydrogen-bond donors (Lipinski definition) is 1. The van der Waals surface area contributed by atoms with Gasteiger partial charge in [0, 0.05) is 16.8 Å². The lowest BCUT2D eigenvalue weighted by Crippen LogP contribution is -2.41. The van der Waals surface area contributed by atoms with E-state index in [1.807, 2.05) is 13.8 Å². The highest BCUT2D eigenvalue weighted by molar-refractivity contribution is 9.09. The molecular formula is C13H21BrF3NO. The molecule has 1 saturated carbocycles. The van der Waals surface area contributed by atoms with Crippen LogP contribution in [-0.4, -0.2) is 23.0 Å². The minimum Gasteiger partial charge on any atom is -0.353 e. The van der Waals surface area contributed by atoms with Crippen molar-refractivity contribution in [3.8, 4) is 0 Å². The average molecular weight is 344 g/mol. The van der Waals surface area contributed by atoms with E-state index in [1.54, 1.807) is 0 Å². The maximum Gasteiger partial charge on any atom is 0.391 e. The summed E-state index contributed by atoms with van der Waals surface area (Å²) in [6.45, 7) is 3.85. The Bertz CT molecular complexity index is 307. The molecule has 4 unspecified atom stereocenters. The van der Waals surface area contributed by atoms with Crippen molar-refractivity contribution in [2.75, 3.05) is 0 Å². The van der Waals surface area contributed by atoms with Gasteiger partial charge in [0.1, 0.15) is 0 Å². The van der Waals surface area contributed by atoms with E-state index in [1.165, 1.54) is 0 Å². The summed E-state index contributed by atoms with van der Waals surface area (Å²) in [6, 6.07) is -0.0202. The molecule has 0 heterocycles. The lowest BCUT2D eigenvalue weighted by molar-refractivity contribution is -0.186. The third-order valence-electron chi connectivity index (χ3n) is 3.57. The fraction of sp³-hybridized carbons (Fsp3) is 0.923. The number of rotatable bonds is 4. The van der Waals surface area contributed by atoms with Gasteiger partial charge in [-0.3, -0.25) is 4.79 Å². The monoisotopic (exact) mass is 343 g/mol. The van der Waals surface area contributed by atoms with Crippen molar-refractivity contribution < 1.29 is 18.0 Å². The minimum atomic E-state index is -4.17. The zero-order chi connectivity index (χ0) is 14.6. The highest BCUT2D eigenvalue weighted by Crippen LogP contribution is 2.39. The van der Waals surface area contributed by atoms with E-state index in [9.17, 15) is 18.0 Å². The van der Waals surface area contributed by atoms with E-state index in [0.717, 1.165) is 6.42 Å². The second kappa shape index (κ2) is 6.95. The van der Waals surface area contributed by atoms with Gasteiger partial charge in [-0.25, -0.2) is 0 Å². The molecule has 1 N–H and O–H groups in total. The molecule has 1 amide bonds. The van der Waals surface area contributed by atoms with Gasteiger partial charge < -0.3 is 5.32 Å². The fourth-order valence-corrected chi connectivity index (χ4v) is 3.19. The minimum absolute atomic E-state index is 0.0202. The van der Waals surface area contributed by atoms with Gasteiger partial charge in [-0.05, 0) is 32.6 Å². The number of nitrogens with one attached hydrogen (secondary N) is 1. The van der Waals surface area contributed by atoms with Gasteiger partial charge in [0.2, 0.25) is 5.91 Å². The van der Waals surface area contributed by atoms with Gasteiger partial charge in [0.05, 0.1) is 5.92 Å². The van der Waals surface area contributed by atoms with E-state index in [-0.39, 0.29) is 29.6 Å². The molecule has 0 aromatic heterocycles. The molecule has 0 spiro atoms. The van der Waals surface area contributed by atoms with E-state index < -0.39 is 18.0 Å². The molecule has 0 radical (unpaired) electrons. The Balaban J connectivity index is 2.48. The number of halogens is 4. The van der Waals surface area contributed by atoms with Crippen molar-refractivity contribution in [3.05, 3.63) is 0 Å². The summed E-state index contributed by atoms with van der Waals surface area (Å²) in [4.78, 5) is 12.2. The van der Waals surface area contributed by atoms with Crippen LogP contribution in [0.1, 0.15) is 46.0 Å². The largest absolute Gasteiger partial charge is 0.391 e. The first-order chi connectivity index (χ1) is 8.70. The summed E-state index contributed by atoms with van der Waals surface area (Å²) in [5.41, 5.74) is 0. The van der Waals surface area contributed by atoms with Crippen LogP contribution in [0.2, 0.25) is 0 Å². The molecule has 0 bridgehead atoms. The fourth-order valence-electron chi connectivity index (χ4n) is 2.63. The predicted octanol–water partition coefficient (Wildman–Crippen LogP) is 4.03. The Hall–Kier alpha value is -0.260. The molecular weight excluding hydrogens is 323 g/mol. The van der Waals surface area contributed by atoms with Crippen LogP contribution < -0.4 is 5.32 Å². The molecule has 1 aliphatic carbocycles. The smallest absolute Gasteiger partial charge is 0.353 e. The number of carbonyl (C=O) groups is 1. The molecule has 6 heteroatoms. The Kier molecular flexibility index (Phi) is 6.15. The molecule has 2 nitrogen and oxygen atoms in total. The highest BCUT2D eigenvalue weighted by atomic mass is 79.9. The quantitative estimate of drug-likeness (QED) is 0.767. The SMILES string of the molecule is CC(Br)CC(C)NC(=O)C1CCCC(C(F)(F)F)C1. The van der Waals surface area contributed by atoms with Crippen LogP contribution in [0.25, 0.3) is 0 Å². The van der Waals surface area contributed by atoms with Crippen molar-refractivity contribution in [1.29, 1.82) is 0 Å². The standard InChI is InChI=1S/C13H21BrF3NO/c1-8(14)6-9(2)18-12(19)10-4-3-5-11(7-10)13(15,16)17/h8-11H,3-7H2,1-2H3,(H,18,19). The van der Waals surface area contributed by atoms with Crippen molar-refractivity contribution in [1.82, 2.24) is 5.32 Å². The Morgan fingerprint density at radius 1 is 1.37 bits per heavy atom. The van der Waals surface area contributed by atoms with E-state index >= 15 is 0 Å². The summed E-state index contributed by atoms with van der Waals surface area (Å²) in [7, 11) is 0. The molecule has 112 valence electrons. The normalized spacial score (nSPS) is 27.7. The second-order valence-corrected chi connectivity index (χ2v) is 7.09. The van der Waals surface area contributed by atoms with Gasteiger partial charge >= 0.3 is 6.18 Å². The van der Waals surface area contributed by atoms with Crippen LogP contribution in [0.3, 0.4) is 0 Å². The zero-order valence-electron chi connectivity index (χ0n) is 11.3. The van der Waals surface area contributed by atoms with Crippen LogP contribution in [-0.2, 0) is 4.79 Å². The molecule has 1 fully saturated rings. The summed E-state index contributed by atoms with van der Waals surface area (Å²) < 4.78 is 38.0. The van der Waals surface area contributed by atoms with Gasteiger partial charge in [0.15, 0.2) is 0 Å². The van der Waals surface area contributed by atoms with Gasteiger partial charge in [-0.15, -0.1) is 0 Å². The summed E-state index contributed by atoms with van der Waals surface area (Å²) in [5, 5.41) is 2.82. The van der Waals surface area contributed by atoms with Crippen molar-refractivity contribution in [2.45, 2.75) is 63.0 Å². The molecule has 19 heavy (non-hydrogen) atoms. The average Bonchev–Trinajstić information content (AvgIpc) is 2.26. The van der Waals surface area contributed by atoms with Gasteiger partial charge in [0.25, 0.3) is 0 Å². The maximum absolute atomic E-state index is 12.7. The number of alkyl halides is 4. The lowest BCUT2D eigenvalue weighted by Gasteiger charge is -2.30. The third kappa shape index (κ3) is 5.71. The predicted molar refractivity (Wildman–Crippen MR) is 72.1 cm³/mol. The van der Waals surface area contributed by atoms with Crippen LogP contribution in [0.15, 0.2) is 0 Å². The number of amides is 1. The molecule has 0 aromatic carbocycles. The first-order valence-electron chi connectivity index (χ1n) is 6.71. The Morgan fingerprint density at radius 2 is 2.00 bits per heavy atom. The van der Waals surface area contributed by atoms with Crippen LogP contribution >= 0.6 is 15.9 Å². The highest BCUT2D eigenvalue weighted by Gasteiger charge is 2.43. The van der Waals surface area contributed by atoms with Gasteiger partial charge in [-0.1, -0.05) is 29.3 Å². The van der Waals surface area contributed by atoms with Crippen LogP contribution in [0, 0.1) is 11.8 Å². The van der Waals surface area contributed by atoms with Crippen molar-refractivity contribution in [2.24, 2.45) is 11.8 Å². The third-order valence-corrected chi connectivity index (χ3v) is 3.95. The van der Waals surface area contributed by atoms with Crippen molar-refractivity contribution in [3.63, 3.8) is 0 Å². The van der Waals surface area contributed by atoms with E-state index in [4.69, 9.17) is 0 Å². The molecule has 4 atom stereocenters. The van der Waals surface area contributed by atoms with Crippen LogP contribution in [0.5, 0.6) is 0 Å². The summed E-state index contributed by atoms with van der Waals surface area (Å²) >= 11 is 3.40. The maximum atomic E-state index is 12.7. The molecule has 1 rings (SSSR count). The Morgan fingerprint density at radius 3 is 2.53 bits per heavy atom. The first-order valence-corrected chi connectivity index (χ1v) is 7.63. The number of carbonyl (C=O) groups excluding carboxylic acids is 1. The Labute approximate surface area is 120 Å². The second-order valence-electron chi connectivity index (χ2n) is 5.53. The summed E-state index contributed by atoms with van der Waals surface area (Å²) in [6.07, 6.45) is -2.27. The molecule has 0 saturated heterocycles. The molecule has 0 aromatic rings. The van der Waals surface area contributed by atoms with E-state index in [2.05, 4.69) is 21.2 Å². The lowest BCUT2D eigenvalue weighted by atomic mass is 9.80. The van der Waals surface area contributed by atoms with Crippen molar-refractivity contribution >= 4 is 21.8 Å². The summed E-state index contributed by atoms with van der Waals surface area (Å²) in [5.74, 6) is -2.04. The molecule has 1 aliphatic rings. The molecule has 0 aliphatic heterocycles. The number of hydrogen-bond acceptors (Lipinski definition) is 1. The topological polar surface area (TPSA) is 29.1 Å². The van der Waals surface area contributed by atoms with E-state index in [0.29, 0.717) is 12.8 Å².